The van der Waals surface area contributed by atoms with Crippen molar-refractivity contribution in [2.45, 2.75) is 50.2 Å². The molecule has 5 atom stereocenters. The highest BCUT2D eigenvalue weighted by molar-refractivity contribution is 5.67. The number of hydrogen-bond donors (Lipinski definition) is 3. The Morgan fingerprint density at radius 1 is 1.32 bits per heavy atom. The van der Waals surface area contributed by atoms with Gasteiger partial charge in [-0.25, -0.2) is 14.6 Å². The van der Waals surface area contributed by atoms with Crippen LogP contribution in [0.4, 0.5) is 9.18 Å². The molecule has 10 heteroatoms. The van der Waals surface area contributed by atoms with E-state index in [2.05, 4.69) is 26.4 Å². The van der Waals surface area contributed by atoms with E-state index in [-0.39, 0.29) is 31.9 Å². The van der Waals surface area contributed by atoms with Crippen molar-refractivity contribution >= 4 is 6.09 Å². The first-order valence-electron chi connectivity index (χ1n) is 8.76. The van der Waals surface area contributed by atoms with Gasteiger partial charge >= 0.3 is 6.09 Å². The van der Waals surface area contributed by atoms with Crippen molar-refractivity contribution in [3.8, 4) is 0 Å². The van der Waals surface area contributed by atoms with Crippen LogP contribution in [-0.4, -0.2) is 59.2 Å². The first kappa shape index (κ1) is 16.7. The quantitative estimate of drug-likeness (QED) is 0.605. The molecule has 4 unspecified atom stereocenters. The maximum absolute atomic E-state index is 13.9. The number of carbonyl (C=O) groups excluding carboxylic acids is 1. The molecule has 0 radical (unpaired) electrons. The second kappa shape index (κ2) is 7.22. The molecular weight excluding hydrogens is 331 g/mol. The Labute approximate surface area is 144 Å². The number of nitrogens with one attached hydrogen (secondary N) is 3. The van der Waals surface area contributed by atoms with Gasteiger partial charge in [-0.15, -0.1) is 0 Å². The number of fused-ring (bicyclic) bond motifs is 4. The van der Waals surface area contributed by atoms with Crippen LogP contribution in [-0.2, 0) is 16.0 Å². The number of hydrazine groups is 1. The highest BCUT2D eigenvalue weighted by Crippen LogP contribution is 2.38. The second-order valence-electron chi connectivity index (χ2n) is 6.78. The molecule has 3 N–H and O–H groups in total. The summed E-state index contributed by atoms with van der Waals surface area (Å²) in [5, 5.41) is 11.1. The summed E-state index contributed by atoms with van der Waals surface area (Å²) in [7, 11) is 0. The molecule has 1 saturated heterocycles. The molecule has 4 rings (SSSR count). The fourth-order valence-electron chi connectivity index (χ4n) is 3.79. The monoisotopic (exact) mass is 354 g/mol. The first-order chi connectivity index (χ1) is 12.2. The van der Waals surface area contributed by atoms with Gasteiger partial charge in [0.25, 0.3) is 0 Å². The minimum absolute atomic E-state index is 0.0126. The third-order valence-corrected chi connectivity index (χ3v) is 5.08. The van der Waals surface area contributed by atoms with Crippen molar-refractivity contribution in [3.05, 3.63) is 11.9 Å². The Balaban J connectivity index is 1.51. The molecule has 1 aromatic rings. The second-order valence-corrected chi connectivity index (χ2v) is 6.78. The lowest BCUT2D eigenvalue weighted by Crippen LogP contribution is -2.39. The standard InChI is InChI=1S/C15H23FN6O3/c16-9-6-17-15(23)24-4-3-22-18-7-13(21-22)14-11-5-10(25-8-9)1-2-12(11)19-20-14/h7,9-12,14,19-20H,1-6,8H2,(H,17,23)/t9-,10?,11?,12?,14?/m0/s1. The SMILES string of the molecule is O=C1NC[C@H](F)COC2CCC3NNC(c4cnn(n4)CCO1)C3C2. The number of alkyl halides is 1. The summed E-state index contributed by atoms with van der Waals surface area (Å²) in [6, 6.07) is 0.404. The molecule has 1 amide bonds. The van der Waals surface area contributed by atoms with E-state index in [1.165, 1.54) is 4.80 Å². The Bertz CT molecular complexity index is 614. The molecule has 9 nitrogen and oxygen atoms in total. The maximum atomic E-state index is 13.9. The molecule has 3 heterocycles. The van der Waals surface area contributed by atoms with Crippen LogP contribution in [0.1, 0.15) is 31.0 Å². The normalized spacial score (nSPS) is 36.5. The van der Waals surface area contributed by atoms with Crippen LogP contribution in [0.3, 0.4) is 0 Å². The molecule has 1 aromatic heterocycles. The number of carbonyl (C=O) groups is 1. The van der Waals surface area contributed by atoms with Gasteiger partial charge in [0.1, 0.15) is 18.5 Å². The summed E-state index contributed by atoms with van der Waals surface area (Å²) >= 11 is 0. The van der Waals surface area contributed by atoms with Crippen LogP contribution in [0.15, 0.2) is 6.20 Å². The highest BCUT2D eigenvalue weighted by atomic mass is 19.1. The molecule has 1 aliphatic carbocycles. The fourth-order valence-corrected chi connectivity index (χ4v) is 3.79. The average molecular weight is 354 g/mol. The van der Waals surface area contributed by atoms with Crippen molar-refractivity contribution in [2.24, 2.45) is 5.92 Å². The van der Waals surface area contributed by atoms with Gasteiger partial charge < -0.3 is 14.8 Å². The van der Waals surface area contributed by atoms with E-state index >= 15 is 0 Å². The maximum Gasteiger partial charge on any atom is 0.407 e. The molecule has 0 spiro atoms. The molecule has 4 bridgehead atoms. The number of rotatable bonds is 0. The minimum atomic E-state index is -1.25. The van der Waals surface area contributed by atoms with E-state index in [0.29, 0.717) is 18.5 Å². The van der Waals surface area contributed by atoms with Crippen molar-refractivity contribution in [3.63, 3.8) is 0 Å². The van der Waals surface area contributed by atoms with Gasteiger partial charge in [0.2, 0.25) is 0 Å². The Morgan fingerprint density at radius 2 is 2.24 bits per heavy atom. The van der Waals surface area contributed by atoms with Crippen LogP contribution in [0, 0.1) is 5.92 Å². The third kappa shape index (κ3) is 3.75. The van der Waals surface area contributed by atoms with E-state index in [1.807, 2.05) is 0 Å². The molecule has 2 fully saturated rings. The van der Waals surface area contributed by atoms with E-state index in [9.17, 15) is 9.18 Å². The van der Waals surface area contributed by atoms with Gasteiger partial charge in [0.15, 0.2) is 0 Å². The predicted molar refractivity (Wildman–Crippen MR) is 84.2 cm³/mol. The van der Waals surface area contributed by atoms with E-state index in [1.54, 1.807) is 6.20 Å². The number of alkyl carbamates (subject to hydrolysis) is 1. The fraction of sp³-hybridized carbons (Fsp3) is 0.800. The molecule has 2 aliphatic heterocycles. The largest absolute Gasteiger partial charge is 0.448 e. The zero-order chi connectivity index (χ0) is 17.2. The van der Waals surface area contributed by atoms with Gasteiger partial charge in [-0.1, -0.05) is 0 Å². The summed E-state index contributed by atoms with van der Waals surface area (Å²) in [6.07, 6.45) is 2.54. The highest BCUT2D eigenvalue weighted by Gasteiger charge is 2.42. The molecule has 138 valence electrons. The Hall–Kier alpha value is -1.78. The van der Waals surface area contributed by atoms with Gasteiger partial charge in [-0.3, -0.25) is 5.43 Å². The molecular formula is C15H23FN6O3. The van der Waals surface area contributed by atoms with Gasteiger partial charge in [-0.05, 0) is 19.3 Å². The number of cyclic esters (lactones) is 1. The molecule has 25 heavy (non-hydrogen) atoms. The smallest absolute Gasteiger partial charge is 0.407 e. The van der Waals surface area contributed by atoms with Crippen LogP contribution < -0.4 is 16.2 Å². The van der Waals surface area contributed by atoms with Crippen molar-refractivity contribution < 1.29 is 18.7 Å². The minimum Gasteiger partial charge on any atom is -0.448 e. The van der Waals surface area contributed by atoms with E-state index in [4.69, 9.17) is 9.47 Å². The first-order valence-corrected chi connectivity index (χ1v) is 8.76. The zero-order valence-electron chi connectivity index (χ0n) is 13.9. The summed E-state index contributed by atoms with van der Waals surface area (Å²) < 4.78 is 24.7. The van der Waals surface area contributed by atoms with Crippen LogP contribution in [0.5, 0.6) is 0 Å². The molecule has 1 saturated carbocycles. The molecule has 0 aromatic carbocycles. The summed E-state index contributed by atoms with van der Waals surface area (Å²) in [4.78, 5) is 13.1. The summed E-state index contributed by atoms with van der Waals surface area (Å²) in [6.45, 7) is 0.335. The van der Waals surface area contributed by atoms with Crippen LogP contribution in [0.2, 0.25) is 0 Å². The number of ether oxygens (including phenoxy) is 2. The van der Waals surface area contributed by atoms with Crippen LogP contribution in [0.25, 0.3) is 0 Å². The Morgan fingerprint density at radius 3 is 3.16 bits per heavy atom. The van der Waals surface area contributed by atoms with Crippen molar-refractivity contribution in [2.75, 3.05) is 19.8 Å². The average Bonchev–Trinajstić information content (AvgIpc) is 3.23. The lowest BCUT2D eigenvalue weighted by atomic mass is 9.79. The summed E-state index contributed by atoms with van der Waals surface area (Å²) in [5.74, 6) is 0.325. The van der Waals surface area contributed by atoms with Gasteiger partial charge in [-0.2, -0.15) is 15.0 Å². The van der Waals surface area contributed by atoms with Gasteiger partial charge in [0, 0.05) is 12.0 Å². The lowest BCUT2D eigenvalue weighted by molar-refractivity contribution is -0.0159. The predicted octanol–water partition coefficient (Wildman–Crippen LogP) is 0.0588. The van der Waals surface area contributed by atoms with Crippen LogP contribution >= 0.6 is 0 Å². The summed E-state index contributed by atoms with van der Waals surface area (Å²) in [5.41, 5.74) is 7.49. The number of amides is 1. The van der Waals surface area contributed by atoms with Crippen molar-refractivity contribution in [1.82, 2.24) is 31.2 Å². The van der Waals surface area contributed by atoms with Crippen molar-refractivity contribution in [1.29, 1.82) is 0 Å². The Kier molecular flexibility index (Phi) is 4.82. The third-order valence-electron chi connectivity index (χ3n) is 5.08. The van der Waals surface area contributed by atoms with E-state index in [0.717, 1.165) is 25.0 Å². The number of aromatic nitrogens is 3. The molecule has 3 aliphatic rings. The topological polar surface area (TPSA) is 102 Å². The zero-order valence-corrected chi connectivity index (χ0v) is 13.9. The number of halogens is 1. The van der Waals surface area contributed by atoms with Gasteiger partial charge in [0.05, 0.1) is 38.0 Å². The van der Waals surface area contributed by atoms with E-state index < -0.39 is 12.3 Å². The number of nitrogens with zero attached hydrogens (tertiary/aromatic N) is 3. The number of hydrogen-bond acceptors (Lipinski definition) is 7. The lowest BCUT2D eigenvalue weighted by Gasteiger charge is -2.32.